The van der Waals surface area contributed by atoms with Crippen LogP contribution in [0.15, 0.2) is 117 Å². The number of thiol groups is 1. The largest absolute Gasteiger partial charge is 0.477 e. The second-order valence-corrected chi connectivity index (χ2v) is 13.0. The Morgan fingerprint density at radius 2 is 1.57 bits per heavy atom. The van der Waals surface area contributed by atoms with Gasteiger partial charge in [0.2, 0.25) is 5.91 Å². The number of β-lactam (4-membered cyclic amide) rings is 1. The zero-order valence-corrected chi connectivity index (χ0v) is 23.5. The first-order chi connectivity index (χ1) is 19.5. The molecule has 3 unspecified atom stereocenters. The molecule has 3 aliphatic rings. The zero-order chi connectivity index (χ0) is 27.7. The minimum atomic E-state index is -1.11. The molecule has 1 amide bonds. The van der Waals surface area contributed by atoms with E-state index in [2.05, 4.69) is 46.7 Å². The van der Waals surface area contributed by atoms with Crippen molar-refractivity contribution in [2.24, 2.45) is 15.4 Å². The Hall–Kier alpha value is -3.73. The number of benzene rings is 3. The van der Waals surface area contributed by atoms with E-state index >= 15 is 0 Å². The number of aliphatic carboxylic acids is 1. The Balaban J connectivity index is 1.54. The molecule has 10 heteroatoms. The molecule has 3 atom stereocenters. The summed E-state index contributed by atoms with van der Waals surface area (Å²) in [6.07, 6.45) is 2.10. The number of thioether (sulfide) groups is 1. The molecule has 0 saturated carbocycles. The van der Waals surface area contributed by atoms with Gasteiger partial charge in [-0.2, -0.15) is 5.11 Å². The molecule has 3 aromatic carbocycles. The van der Waals surface area contributed by atoms with Crippen LogP contribution in [0, 0.1) is 0 Å². The highest BCUT2D eigenvalue weighted by Gasteiger charge is 2.57. The highest BCUT2D eigenvalue weighted by atomic mass is 32.2. The minimum Gasteiger partial charge on any atom is -0.477 e. The van der Waals surface area contributed by atoms with Gasteiger partial charge in [-0.1, -0.05) is 91.0 Å². The first kappa shape index (κ1) is 26.5. The van der Waals surface area contributed by atoms with Crippen molar-refractivity contribution in [2.45, 2.75) is 22.7 Å². The summed E-state index contributed by atoms with van der Waals surface area (Å²) in [4.78, 5) is 27.0. The van der Waals surface area contributed by atoms with Crippen LogP contribution in [0.5, 0.6) is 0 Å². The average molecular weight is 573 g/mol. The van der Waals surface area contributed by atoms with Crippen molar-refractivity contribution in [3.05, 3.63) is 118 Å². The van der Waals surface area contributed by atoms with E-state index in [0.717, 1.165) is 16.7 Å². The van der Waals surface area contributed by atoms with Gasteiger partial charge in [-0.15, -0.1) is 28.0 Å². The number of fused-ring (bicyclic) bond motifs is 1. The molecule has 8 nitrogen and oxygen atoms in total. The Bertz CT molecular complexity index is 1400. The van der Waals surface area contributed by atoms with Crippen molar-refractivity contribution in [3.63, 3.8) is 0 Å². The number of hydrogen-bond acceptors (Lipinski definition) is 7. The van der Waals surface area contributed by atoms with Crippen LogP contribution in [-0.2, 0) is 19.2 Å². The van der Waals surface area contributed by atoms with Crippen molar-refractivity contribution in [3.8, 4) is 0 Å². The molecule has 1 saturated heterocycles. The number of carbonyl (C=O) groups excluding carboxylic acids is 1. The van der Waals surface area contributed by atoms with Crippen molar-refractivity contribution >= 4 is 41.0 Å². The van der Waals surface area contributed by atoms with Crippen LogP contribution in [0.25, 0.3) is 0 Å². The van der Waals surface area contributed by atoms with E-state index in [1.807, 2.05) is 54.6 Å². The van der Waals surface area contributed by atoms with Gasteiger partial charge in [-0.3, -0.25) is 9.69 Å². The number of carboxylic acid groups (broad SMARTS) is 1. The minimum absolute atomic E-state index is 0.0498. The van der Waals surface area contributed by atoms with Gasteiger partial charge in [0.05, 0.1) is 23.4 Å². The second-order valence-electron chi connectivity index (χ2n) is 9.78. The summed E-state index contributed by atoms with van der Waals surface area (Å²) in [7, 11) is 1.63. The van der Waals surface area contributed by atoms with E-state index in [1.165, 1.54) is 16.7 Å². The number of rotatable bonds is 9. The number of nitrogens with zero attached hydrogens (tertiary/aromatic N) is 4. The molecule has 1 fully saturated rings. The lowest BCUT2D eigenvalue weighted by Crippen LogP contribution is -2.56. The molecule has 40 heavy (non-hydrogen) atoms. The van der Waals surface area contributed by atoms with Gasteiger partial charge in [0.1, 0.15) is 11.2 Å². The van der Waals surface area contributed by atoms with Gasteiger partial charge in [-0.05, 0) is 21.9 Å². The average Bonchev–Trinajstić information content (AvgIpc) is 3.47. The summed E-state index contributed by atoms with van der Waals surface area (Å²) < 4.78 is 5.77. The standard InChI is InChI=1S/C30H28N4O4S2/c1-38-40-18-24(27(28(36)37)34-25(35)17-26(34)40)39-20-29(19-31-33-32-29)30(21-11-5-2-6-12-21,22-13-7-3-8-14-22)23-15-9-4-10-16-23/h2-16,19,26,40H,17-18,20H2,1H3,(H,36,37). The summed E-state index contributed by atoms with van der Waals surface area (Å²) in [5.41, 5.74) is 1.22. The van der Waals surface area contributed by atoms with Crippen LogP contribution in [-0.4, -0.2) is 57.6 Å². The summed E-state index contributed by atoms with van der Waals surface area (Å²) in [6, 6.07) is 30.5. The Kier molecular flexibility index (Phi) is 7.07. The maximum absolute atomic E-state index is 12.5. The first-order valence-electron chi connectivity index (χ1n) is 12.9. The Morgan fingerprint density at radius 3 is 2.00 bits per heavy atom. The van der Waals surface area contributed by atoms with E-state index in [1.54, 1.807) is 13.3 Å². The molecule has 3 aromatic rings. The van der Waals surface area contributed by atoms with E-state index in [0.29, 0.717) is 22.8 Å². The van der Waals surface area contributed by atoms with Crippen LogP contribution in [0.1, 0.15) is 23.1 Å². The number of carboxylic acids is 1. The third-order valence-corrected chi connectivity index (χ3v) is 11.4. The molecule has 6 rings (SSSR count). The fourth-order valence-electron chi connectivity index (χ4n) is 5.99. The fraction of sp³-hybridized carbons (Fsp3) is 0.233. The normalized spacial score (nSPS) is 24.6. The fourth-order valence-corrected chi connectivity index (χ4v) is 9.68. The molecule has 1 N–H and O–H groups in total. The lowest BCUT2D eigenvalue weighted by atomic mass is 9.59. The van der Waals surface area contributed by atoms with Gasteiger partial charge in [0, 0.05) is 23.5 Å². The second kappa shape index (κ2) is 10.7. The predicted octanol–water partition coefficient (Wildman–Crippen LogP) is 5.38. The van der Waals surface area contributed by atoms with Crippen LogP contribution < -0.4 is 0 Å². The van der Waals surface area contributed by atoms with Crippen LogP contribution >= 0.6 is 22.9 Å². The summed E-state index contributed by atoms with van der Waals surface area (Å²) in [6.45, 7) is 0. The molecular weight excluding hydrogens is 544 g/mol. The van der Waals surface area contributed by atoms with Gasteiger partial charge in [0.15, 0.2) is 0 Å². The molecule has 0 aliphatic carbocycles. The lowest BCUT2D eigenvalue weighted by Gasteiger charge is -2.50. The maximum Gasteiger partial charge on any atom is 0.353 e. The van der Waals surface area contributed by atoms with Crippen LogP contribution in [0.2, 0.25) is 0 Å². The maximum atomic E-state index is 12.5. The van der Waals surface area contributed by atoms with Crippen molar-refractivity contribution in [1.29, 1.82) is 0 Å². The van der Waals surface area contributed by atoms with Gasteiger partial charge < -0.3 is 9.29 Å². The van der Waals surface area contributed by atoms with E-state index in [9.17, 15) is 14.7 Å². The van der Waals surface area contributed by atoms with Crippen molar-refractivity contribution in [1.82, 2.24) is 4.90 Å². The van der Waals surface area contributed by atoms with Crippen LogP contribution in [0.4, 0.5) is 0 Å². The Labute approximate surface area is 239 Å². The van der Waals surface area contributed by atoms with Gasteiger partial charge >= 0.3 is 5.97 Å². The van der Waals surface area contributed by atoms with Crippen molar-refractivity contribution in [2.75, 3.05) is 18.6 Å². The highest BCUT2D eigenvalue weighted by molar-refractivity contribution is 8.15. The van der Waals surface area contributed by atoms with E-state index < -0.39 is 28.1 Å². The first-order valence-corrected chi connectivity index (χ1v) is 15.4. The number of carbonyl (C=O) groups is 2. The van der Waals surface area contributed by atoms with E-state index in [-0.39, 0.29) is 17.0 Å². The van der Waals surface area contributed by atoms with E-state index in [4.69, 9.17) is 9.30 Å². The highest BCUT2D eigenvalue weighted by Crippen LogP contribution is 2.55. The quantitative estimate of drug-likeness (QED) is 0.204. The monoisotopic (exact) mass is 572 g/mol. The molecule has 3 heterocycles. The summed E-state index contributed by atoms with van der Waals surface area (Å²) >= 11 is 0.373. The van der Waals surface area contributed by atoms with Crippen molar-refractivity contribution < 1.29 is 18.9 Å². The summed E-state index contributed by atoms with van der Waals surface area (Å²) in [5, 5.41) is 23.3. The number of amides is 1. The SMILES string of the molecule is CO[SH]1CC(SCC2(C(c3ccccc3)(c3ccccc3)c3ccccc3)C=NN=N2)=C(C(=O)O)N2C(=O)CC21. The third kappa shape index (κ3) is 4.09. The topological polar surface area (TPSA) is 104 Å². The smallest absolute Gasteiger partial charge is 0.353 e. The van der Waals surface area contributed by atoms with Gasteiger partial charge in [-0.25, -0.2) is 4.79 Å². The molecule has 3 aliphatic heterocycles. The number of hydrogen-bond donors (Lipinski definition) is 2. The zero-order valence-electron chi connectivity index (χ0n) is 21.8. The molecular formula is C30H28N4O4S2. The predicted molar refractivity (Wildman–Crippen MR) is 159 cm³/mol. The van der Waals surface area contributed by atoms with Gasteiger partial charge in [0.25, 0.3) is 0 Å². The lowest BCUT2D eigenvalue weighted by molar-refractivity contribution is -0.146. The molecule has 0 spiro atoms. The Morgan fingerprint density at radius 1 is 1.02 bits per heavy atom. The molecule has 0 radical (unpaired) electrons. The van der Waals surface area contributed by atoms with Crippen LogP contribution in [0.3, 0.4) is 0 Å². The molecule has 204 valence electrons. The molecule has 0 bridgehead atoms. The summed E-state index contributed by atoms with van der Waals surface area (Å²) in [5.74, 6) is -0.493. The third-order valence-electron chi connectivity index (χ3n) is 7.78. The molecule has 0 aromatic heterocycles.